The predicted molar refractivity (Wildman–Crippen MR) is 63.9 cm³/mol. The van der Waals surface area contributed by atoms with Crippen molar-refractivity contribution in [2.75, 3.05) is 13.1 Å². The van der Waals surface area contributed by atoms with Gasteiger partial charge >= 0.3 is 0 Å². The van der Waals surface area contributed by atoms with E-state index in [4.69, 9.17) is 10.5 Å². The van der Waals surface area contributed by atoms with Gasteiger partial charge in [0.05, 0.1) is 12.2 Å². The van der Waals surface area contributed by atoms with E-state index >= 15 is 0 Å². The number of rotatable bonds is 4. The molecule has 1 fully saturated rings. The van der Waals surface area contributed by atoms with Gasteiger partial charge in [-0.15, -0.1) is 0 Å². The summed E-state index contributed by atoms with van der Waals surface area (Å²) in [5.41, 5.74) is 6.03. The van der Waals surface area contributed by atoms with E-state index in [9.17, 15) is 0 Å². The van der Waals surface area contributed by atoms with Gasteiger partial charge in [0.2, 0.25) is 0 Å². The van der Waals surface area contributed by atoms with E-state index in [2.05, 4.69) is 33.0 Å². The molecule has 90 valence electrons. The first kappa shape index (κ1) is 12.9. The molecule has 2 atom stereocenters. The van der Waals surface area contributed by atoms with Crippen LogP contribution in [-0.2, 0) is 4.74 Å². The van der Waals surface area contributed by atoms with Crippen LogP contribution in [0.15, 0.2) is 0 Å². The molecule has 3 heteroatoms. The maximum atomic E-state index is 5.93. The minimum Gasteiger partial charge on any atom is -0.375 e. The van der Waals surface area contributed by atoms with Crippen LogP contribution in [0.4, 0.5) is 0 Å². The summed E-state index contributed by atoms with van der Waals surface area (Å²) >= 11 is 0. The van der Waals surface area contributed by atoms with Crippen LogP contribution in [0.25, 0.3) is 0 Å². The van der Waals surface area contributed by atoms with Gasteiger partial charge in [-0.1, -0.05) is 13.8 Å². The first-order valence-corrected chi connectivity index (χ1v) is 6.08. The second-order valence-electron chi connectivity index (χ2n) is 5.42. The van der Waals surface area contributed by atoms with Gasteiger partial charge in [-0.05, 0) is 39.2 Å². The zero-order valence-corrected chi connectivity index (χ0v) is 10.5. The lowest BCUT2D eigenvalue weighted by atomic mass is 9.84. The fourth-order valence-electron chi connectivity index (χ4n) is 2.48. The van der Waals surface area contributed by atoms with Crippen LogP contribution in [0.2, 0.25) is 0 Å². The van der Waals surface area contributed by atoms with E-state index in [0.717, 1.165) is 19.4 Å². The van der Waals surface area contributed by atoms with Crippen molar-refractivity contribution in [2.24, 2.45) is 11.7 Å². The Hall–Kier alpha value is -0.120. The van der Waals surface area contributed by atoms with Crippen molar-refractivity contribution < 1.29 is 4.74 Å². The number of hydrogen-bond acceptors (Lipinski definition) is 3. The molecule has 0 aliphatic carbocycles. The van der Waals surface area contributed by atoms with Crippen molar-refractivity contribution in [1.29, 1.82) is 0 Å². The smallest absolute Gasteiger partial charge is 0.0568 e. The molecule has 0 bridgehead atoms. The van der Waals surface area contributed by atoms with E-state index in [1.165, 1.54) is 0 Å². The lowest BCUT2D eigenvalue weighted by Crippen LogP contribution is -2.58. The minimum atomic E-state index is 0.0986. The number of nitrogens with two attached hydrogens (primary N) is 1. The summed E-state index contributed by atoms with van der Waals surface area (Å²) in [5, 5.41) is 3.64. The monoisotopic (exact) mass is 214 g/mol. The van der Waals surface area contributed by atoms with E-state index in [-0.39, 0.29) is 5.54 Å². The first-order valence-electron chi connectivity index (χ1n) is 6.08. The summed E-state index contributed by atoms with van der Waals surface area (Å²) in [6, 6.07) is 0. The Morgan fingerprint density at radius 1 is 1.33 bits per heavy atom. The predicted octanol–water partition coefficient (Wildman–Crippen LogP) is 1.52. The second-order valence-corrected chi connectivity index (χ2v) is 5.42. The van der Waals surface area contributed by atoms with Crippen LogP contribution in [0.5, 0.6) is 0 Å². The van der Waals surface area contributed by atoms with Gasteiger partial charge in [0.15, 0.2) is 0 Å². The van der Waals surface area contributed by atoms with Gasteiger partial charge < -0.3 is 15.8 Å². The summed E-state index contributed by atoms with van der Waals surface area (Å²) in [6.45, 7) is 10.5. The molecule has 0 saturated carbocycles. The van der Waals surface area contributed by atoms with Crippen LogP contribution in [0, 0.1) is 5.92 Å². The molecule has 15 heavy (non-hydrogen) atoms. The summed E-state index contributed by atoms with van der Waals surface area (Å²) in [4.78, 5) is 0. The highest BCUT2D eigenvalue weighted by Gasteiger charge is 2.37. The van der Waals surface area contributed by atoms with Gasteiger partial charge in [-0.3, -0.25) is 0 Å². The fourth-order valence-corrected chi connectivity index (χ4v) is 2.48. The average molecular weight is 214 g/mol. The zero-order valence-electron chi connectivity index (χ0n) is 10.5. The van der Waals surface area contributed by atoms with E-state index in [1.54, 1.807) is 0 Å². The highest BCUT2D eigenvalue weighted by Crippen LogP contribution is 2.28. The second kappa shape index (κ2) is 5.28. The van der Waals surface area contributed by atoms with Gasteiger partial charge in [0, 0.05) is 12.1 Å². The summed E-state index contributed by atoms with van der Waals surface area (Å²) < 4.78 is 5.75. The van der Waals surface area contributed by atoms with Crippen LogP contribution >= 0.6 is 0 Å². The highest BCUT2D eigenvalue weighted by atomic mass is 16.5. The maximum absolute atomic E-state index is 5.93. The third-order valence-electron chi connectivity index (χ3n) is 3.10. The molecule has 1 aliphatic heterocycles. The Morgan fingerprint density at radius 2 is 1.87 bits per heavy atom. The Labute approximate surface area is 93.8 Å². The van der Waals surface area contributed by atoms with Gasteiger partial charge in [-0.25, -0.2) is 0 Å². The zero-order chi connectivity index (χ0) is 11.5. The molecule has 0 spiro atoms. The molecule has 3 nitrogen and oxygen atoms in total. The van der Waals surface area contributed by atoms with E-state index < -0.39 is 0 Å². The molecule has 0 amide bonds. The Morgan fingerprint density at radius 3 is 2.27 bits per heavy atom. The highest BCUT2D eigenvalue weighted by molar-refractivity contribution is 4.95. The standard InChI is InChI=1S/C12H26N2O/c1-9(2)7-14-12(8-13)5-10(3)15-11(4)6-12/h9-11,14H,5-8,13H2,1-4H3. The SMILES string of the molecule is CC(C)CNC1(CN)CC(C)OC(C)C1. The average Bonchev–Trinajstić information content (AvgIpc) is 2.13. The molecule has 0 aromatic carbocycles. The molecular weight excluding hydrogens is 188 g/mol. The van der Waals surface area contributed by atoms with Crippen LogP contribution < -0.4 is 11.1 Å². The lowest BCUT2D eigenvalue weighted by molar-refractivity contribution is -0.0674. The number of nitrogens with one attached hydrogen (secondary N) is 1. The summed E-state index contributed by atoms with van der Waals surface area (Å²) in [5.74, 6) is 0.668. The van der Waals surface area contributed by atoms with Crippen molar-refractivity contribution in [3.05, 3.63) is 0 Å². The largest absolute Gasteiger partial charge is 0.375 e. The van der Waals surface area contributed by atoms with Crippen molar-refractivity contribution in [3.63, 3.8) is 0 Å². The van der Waals surface area contributed by atoms with Crippen LogP contribution in [0.3, 0.4) is 0 Å². The van der Waals surface area contributed by atoms with Crippen molar-refractivity contribution >= 4 is 0 Å². The first-order chi connectivity index (χ1) is 6.97. The third kappa shape index (κ3) is 3.74. The molecule has 1 rings (SSSR count). The van der Waals surface area contributed by atoms with E-state index in [0.29, 0.717) is 24.7 Å². The quantitative estimate of drug-likeness (QED) is 0.746. The molecule has 3 N–H and O–H groups in total. The Balaban J connectivity index is 2.57. The maximum Gasteiger partial charge on any atom is 0.0568 e. The molecule has 1 heterocycles. The minimum absolute atomic E-state index is 0.0986. The van der Waals surface area contributed by atoms with Crippen molar-refractivity contribution in [1.82, 2.24) is 5.32 Å². The fraction of sp³-hybridized carbons (Fsp3) is 1.00. The van der Waals surface area contributed by atoms with Crippen molar-refractivity contribution in [3.8, 4) is 0 Å². The molecule has 1 aliphatic rings. The number of hydrogen-bond donors (Lipinski definition) is 2. The van der Waals surface area contributed by atoms with Gasteiger partial charge in [0.1, 0.15) is 0 Å². The summed E-state index contributed by atoms with van der Waals surface area (Å²) in [6.07, 6.45) is 2.69. The molecule has 0 aromatic rings. The Bertz CT molecular complexity index is 184. The normalized spacial score (nSPS) is 37.2. The Kier molecular flexibility index (Phi) is 4.56. The van der Waals surface area contributed by atoms with Crippen LogP contribution in [0.1, 0.15) is 40.5 Å². The summed E-state index contributed by atoms with van der Waals surface area (Å²) in [7, 11) is 0. The van der Waals surface area contributed by atoms with Crippen molar-refractivity contribution in [2.45, 2.75) is 58.3 Å². The third-order valence-corrected chi connectivity index (χ3v) is 3.10. The van der Waals surface area contributed by atoms with E-state index in [1.807, 2.05) is 0 Å². The van der Waals surface area contributed by atoms with Crippen LogP contribution in [-0.4, -0.2) is 30.8 Å². The van der Waals surface area contributed by atoms with Gasteiger partial charge in [-0.2, -0.15) is 0 Å². The topological polar surface area (TPSA) is 47.3 Å². The molecule has 0 radical (unpaired) electrons. The van der Waals surface area contributed by atoms with Gasteiger partial charge in [0.25, 0.3) is 0 Å². The lowest BCUT2D eigenvalue weighted by Gasteiger charge is -2.43. The molecule has 2 unspecified atom stereocenters. The number of ether oxygens (including phenoxy) is 1. The molecular formula is C12H26N2O. The molecule has 0 aromatic heterocycles. The molecule has 1 saturated heterocycles.